The maximum atomic E-state index is 5.97. The standard InChI is InChI=1S/C13H10ClN5/c1-9-4-2-3-5-10(9)11-16-12(14)18-13(17-11)19-7-6-15-8-19/h2-8H,1H3. The molecule has 0 atom stereocenters. The van der Waals surface area contributed by atoms with Crippen LogP contribution in [-0.2, 0) is 0 Å². The molecule has 3 aromatic rings. The maximum absolute atomic E-state index is 5.97. The van der Waals surface area contributed by atoms with Crippen molar-refractivity contribution in [3.8, 4) is 17.3 Å². The SMILES string of the molecule is Cc1ccccc1-c1nc(Cl)nc(-n2ccnc2)n1. The summed E-state index contributed by atoms with van der Waals surface area (Å²) in [5, 5.41) is 0.164. The number of aryl methyl sites for hydroxylation is 1. The molecule has 0 spiro atoms. The van der Waals surface area contributed by atoms with Gasteiger partial charge in [-0.05, 0) is 24.1 Å². The van der Waals surface area contributed by atoms with Gasteiger partial charge in [-0.2, -0.15) is 15.0 Å². The molecule has 6 heteroatoms. The summed E-state index contributed by atoms with van der Waals surface area (Å²) in [7, 11) is 0. The van der Waals surface area contributed by atoms with Crippen molar-refractivity contribution in [3.05, 3.63) is 53.8 Å². The summed E-state index contributed by atoms with van der Waals surface area (Å²) in [6.07, 6.45) is 5.03. The first-order chi connectivity index (χ1) is 9.24. The summed E-state index contributed by atoms with van der Waals surface area (Å²) >= 11 is 5.97. The van der Waals surface area contributed by atoms with E-state index in [-0.39, 0.29) is 5.28 Å². The van der Waals surface area contributed by atoms with Gasteiger partial charge in [0.2, 0.25) is 11.2 Å². The number of hydrogen-bond acceptors (Lipinski definition) is 4. The molecule has 0 unspecified atom stereocenters. The molecule has 0 N–H and O–H groups in total. The van der Waals surface area contributed by atoms with Crippen LogP contribution in [0.3, 0.4) is 0 Å². The Kier molecular flexibility index (Phi) is 2.97. The Balaban J connectivity index is 2.16. The van der Waals surface area contributed by atoms with Gasteiger partial charge in [0, 0.05) is 18.0 Å². The molecule has 2 aromatic heterocycles. The minimum atomic E-state index is 0.164. The molecular weight excluding hydrogens is 262 g/mol. The number of aromatic nitrogens is 5. The lowest BCUT2D eigenvalue weighted by Gasteiger charge is -2.06. The van der Waals surface area contributed by atoms with E-state index in [1.165, 1.54) is 0 Å². The fourth-order valence-electron chi connectivity index (χ4n) is 1.78. The highest BCUT2D eigenvalue weighted by Gasteiger charge is 2.10. The molecular formula is C13H10ClN5. The quantitative estimate of drug-likeness (QED) is 0.719. The largest absolute Gasteiger partial charge is 0.274 e. The van der Waals surface area contributed by atoms with Gasteiger partial charge in [-0.25, -0.2) is 4.98 Å². The lowest BCUT2D eigenvalue weighted by Crippen LogP contribution is -2.03. The van der Waals surface area contributed by atoms with Crippen LogP contribution in [0.5, 0.6) is 0 Å². The van der Waals surface area contributed by atoms with Gasteiger partial charge in [-0.1, -0.05) is 24.3 Å². The highest BCUT2D eigenvalue weighted by Crippen LogP contribution is 2.21. The fourth-order valence-corrected chi connectivity index (χ4v) is 1.93. The van der Waals surface area contributed by atoms with Crippen LogP contribution < -0.4 is 0 Å². The zero-order chi connectivity index (χ0) is 13.2. The van der Waals surface area contributed by atoms with E-state index in [4.69, 9.17) is 11.6 Å². The molecule has 0 saturated heterocycles. The van der Waals surface area contributed by atoms with E-state index in [2.05, 4.69) is 19.9 Å². The van der Waals surface area contributed by atoms with E-state index in [0.29, 0.717) is 11.8 Å². The molecule has 0 radical (unpaired) electrons. The third kappa shape index (κ3) is 2.32. The van der Waals surface area contributed by atoms with E-state index in [9.17, 15) is 0 Å². The highest BCUT2D eigenvalue weighted by molar-refractivity contribution is 6.28. The predicted molar refractivity (Wildman–Crippen MR) is 72.1 cm³/mol. The molecule has 19 heavy (non-hydrogen) atoms. The third-order valence-corrected chi connectivity index (χ3v) is 2.89. The second kappa shape index (κ2) is 4.78. The lowest BCUT2D eigenvalue weighted by molar-refractivity contribution is 0.899. The summed E-state index contributed by atoms with van der Waals surface area (Å²) in [5.74, 6) is 1.01. The Hall–Kier alpha value is -2.27. The smallest absolute Gasteiger partial charge is 0.239 e. The first kappa shape index (κ1) is 11.8. The van der Waals surface area contributed by atoms with Crippen molar-refractivity contribution in [2.75, 3.05) is 0 Å². The number of nitrogens with zero attached hydrogens (tertiary/aromatic N) is 5. The van der Waals surface area contributed by atoms with E-state index in [1.54, 1.807) is 23.3 Å². The van der Waals surface area contributed by atoms with Crippen molar-refractivity contribution >= 4 is 11.6 Å². The maximum Gasteiger partial charge on any atom is 0.239 e. The van der Waals surface area contributed by atoms with Crippen LogP contribution in [0.15, 0.2) is 43.0 Å². The van der Waals surface area contributed by atoms with Crippen LogP contribution in [0.2, 0.25) is 5.28 Å². The zero-order valence-corrected chi connectivity index (χ0v) is 10.9. The van der Waals surface area contributed by atoms with Crippen molar-refractivity contribution in [2.45, 2.75) is 6.92 Å². The predicted octanol–water partition coefficient (Wildman–Crippen LogP) is 2.69. The molecule has 1 aromatic carbocycles. The van der Waals surface area contributed by atoms with Crippen molar-refractivity contribution < 1.29 is 0 Å². The third-order valence-electron chi connectivity index (χ3n) is 2.72. The first-order valence-electron chi connectivity index (χ1n) is 5.70. The van der Waals surface area contributed by atoms with Crippen LogP contribution in [0.4, 0.5) is 0 Å². The monoisotopic (exact) mass is 271 g/mol. The molecule has 0 aliphatic rings. The topological polar surface area (TPSA) is 56.5 Å². The van der Waals surface area contributed by atoms with Gasteiger partial charge in [-0.15, -0.1) is 0 Å². The molecule has 0 fully saturated rings. The Labute approximate surface area is 115 Å². The van der Waals surface area contributed by atoms with Crippen molar-refractivity contribution in [1.82, 2.24) is 24.5 Å². The van der Waals surface area contributed by atoms with E-state index >= 15 is 0 Å². The van der Waals surface area contributed by atoms with E-state index in [1.807, 2.05) is 31.2 Å². The van der Waals surface area contributed by atoms with E-state index < -0.39 is 0 Å². The number of imidazole rings is 1. The average Bonchev–Trinajstić information content (AvgIpc) is 2.92. The lowest BCUT2D eigenvalue weighted by atomic mass is 10.1. The van der Waals surface area contributed by atoms with Crippen LogP contribution in [-0.4, -0.2) is 24.5 Å². The number of hydrogen-bond donors (Lipinski definition) is 0. The average molecular weight is 272 g/mol. The first-order valence-corrected chi connectivity index (χ1v) is 6.08. The summed E-state index contributed by atoms with van der Waals surface area (Å²) < 4.78 is 1.69. The molecule has 5 nitrogen and oxygen atoms in total. The van der Waals surface area contributed by atoms with Crippen molar-refractivity contribution in [1.29, 1.82) is 0 Å². The normalized spacial score (nSPS) is 10.6. The van der Waals surface area contributed by atoms with E-state index in [0.717, 1.165) is 11.1 Å². The Morgan fingerprint density at radius 2 is 1.95 bits per heavy atom. The minimum absolute atomic E-state index is 0.164. The summed E-state index contributed by atoms with van der Waals surface area (Å²) in [4.78, 5) is 16.7. The molecule has 0 bridgehead atoms. The second-order valence-electron chi connectivity index (χ2n) is 4.01. The Morgan fingerprint density at radius 1 is 1.11 bits per heavy atom. The van der Waals surface area contributed by atoms with Crippen molar-refractivity contribution in [3.63, 3.8) is 0 Å². The number of halogens is 1. The van der Waals surface area contributed by atoms with Crippen molar-refractivity contribution in [2.24, 2.45) is 0 Å². The number of benzene rings is 1. The molecule has 94 valence electrons. The highest BCUT2D eigenvalue weighted by atomic mass is 35.5. The Bertz CT molecular complexity index is 709. The van der Waals surface area contributed by atoms with Gasteiger partial charge in [-0.3, -0.25) is 4.57 Å². The molecule has 0 saturated carbocycles. The van der Waals surface area contributed by atoms with Gasteiger partial charge in [0.15, 0.2) is 5.82 Å². The van der Waals surface area contributed by atoms with Crippen LogP contribution >= 0.6 is 11.6 Å². The molecule has 0 aliphatic carbocycles. The van der Waals surface area contributed by atoms with Crippen LogP contribution in [0.1, 0.15) is 5.56 Å². The number of rotatable bonds is 2. The van der Waals surface area contributed by atoms with Crippen LogP contribution in [0, 0.1) is 6.92 Å². The zero-order valence-electron chi connectivity index (χ0n) is 10.2. The van der Waals surface area contributed by atoms with Gasteiger partial charge >= 0.3 is 0 Å². The molecule has 3 rings (SSSR count). The summed E-state index contributed by atoms with van der Waals surface area (Å²) in [5.41, 5.74) is 2.02. The second-order valence-corrected chi connectivity index (χ2v) is 4.35. The summed E-state index contributed by atoms with van der Waals surface area (Å²) in [6, 6.07) is 7.87. The van der Waals surface area contributed by atoms with Gasteiger partial charge in [0.25, 0.3) is 0 Å². The summed E-state index contributed by atoms with van der Waals surface area (Å²) in [6.45, 7) is 2.00. The molecule has 0 amide bonds. The molecule has 2 heterocycles. The van der Waals surface area contributed by atoms with Crippen LogP contribution in [0.25, 0.3) is 17.3 Å². The minimum Gasteiger partial charge on any atom is -0.274 e. The van der Waals surface area contributed by atoms with Gasteiger partial charge in [0.1, 0.15) is 6.33 Å². The van der Waals surface area contributed by atoms with Gasteiger partial charge in [0.05, 0.1) is 0 Å². The Morgan fingerprint density at radius 3 is 2.68 bits per heavy atom. The fraction of sp³-hybridized carbons (Fsp3) is 0.0769. The van der Waals surface area contributed by atoms with Gasteiger partial charge < -0.3 is 0 Å². The molecule has 0 aliphatic heterocycles.